The molecule has 0 aliphatic carbocycles. The third-order valence-corrected chi connectivity index (χ3v) is 8.18. The van der Waals surface area contributed by atoms with Crippen LogP contribution >= 0.6 is 0 Å². The zero-order chi connectivity index (χ0) is 37.1. The average molecular weight is 703 g/mol. The van der Waals surface area contributed by atoms with Gasteiger partial charge < -0.3 is 23.8 Å². The molecule has 0 aliphatic heterocycles. The van der Waals surface area contributed by atoms with Crippen LogP contribution in [0.15, 0.2) is 60.8 Å². The molecule has 0 amide bonds. The smallest absolute Gasteiger partial charge is 0.362 e. The summed E-state index contributed by atoms with van der Waals surface area (Å²) in [6.45, 7) is 4.51. The largest absolute Gasteiger partial charge is 0.477 e. The second-order valence-electron chi connectivity index (χ2n) is 13.8. The molecule has 2 unspecified atom stereocenters. The number of esters is 2. The number of unbranched alkanes of at least 4 members (excludes halogenated alkanes) is 9. The van der Waals surface area contributed by atoms with Crippen LogP contribution < -0.4 is 0 Å². The van der Waals surface area contributed by atoms with Crippen molar-refractivity contribution in [3.8, 4) is 0 Å². The molecule has 0 aliphatic rings. The molecule has 2 atom stereocenters. The van der Waals surface area contributed by atoms with E-state index in [4.69, 9.17) is 14.2 Å². The Morgan fingerprint density at radius 3 is 1.64 bits per heavy atom. The van der Waals surface area contributed by atoms with Crippen molar-refractivity contribution in [1.82, 2.24) is 0 Å². The summed E-state index contributed by atoms with van der Waals surface area (Å²) in [5, 5.41) is 9.57. The van der Waals surface area contributed by atoms with Crippen LogP contribution in [0.3, 0.4) is 0 Å². The van der Waals surface area contributed by atoms with Gasteiger partial charge in [0.05, 0.1) is 34.4 Å². The summed E-state index contributed by atoms with van der Waals surface area (Å²) in [5.41, 5.74) is 0. The van der Waals surface area contributed by atoms with Gasteiger partial charge in [-0.15, -0.1) is 0 Å². The minimum Gasteiger partial charge on any atom is -0.477 e. The van der Waals surface area contributed by atoms with Gasteiger partial charge in [-0.05, 0) is 51.4 Å². The monoisotopic (exact) mass is 703 g/mol. The zero-order valence-corrected chi connectivity index (χ0v) is 32.3. The van der Waals surface area contributed by atoms with Gasteiger partial charge in [-0.3, -0.25) is 9.59 Å². The summed E-state index contributed by atoms with van der Waals surface area (Å²) < 4.78 is 17.1. The number of carboxylic acid groups (broad SMARTS) is 1. The highest BCUT2D eigenvalue weighted by atomic mass is 16.6. The Kier molecular flexibility index (Phi) is 31.2. The normalized spacial score (nSPS) is 13.7. The van der Waals surface area contributed by atoms with Crippen LogP contribution in [0, 0.1) is 0 Å². The minimum absolute atomic E-state index is 0.0370. The molecule has 1 N–H and O–H groups in total. The Morgan fingerprint density at radius 1 is 0.620 bits per heavy atom. The number of allylic oxidation sites excluding steroid dienone is 10. The molecule has 0 fully saturated rings. The summed E-state index contributed by atoms with van der Waals surface area (Å²) in [5.74, 6) is -1.55. The second kappa shape index (κ2) is 33.2. The number of hydrogen-bond donors (Lipinski definition) is 1. The number of likely N-dealkylation sites (N-methyl/N-ethyl adjacent to an activating group) is 1. The highest BCUT2D eigenvalue weighted by Crippen LogP contribution is 2.12. The van der Waals surface area contributed by atoms with E-state index in [0.717, 1.165) is 57.8 Å². The Bertz CT molecular complexity index is 1010. The van der Waals surface area contributed by atoms with E-state index in [1.54, 1.807) is 0 Å². The number of quaternary nitrogens is 1. The maximum atomic E-state index is 12.6. The van der Waals surface area contributed by atoms with Crippen molar-refractivity contribution < 1.29 is 38.2 Å². The molecule has 0 aromatic rings. The quantitative estimate of drug-likeness (QED) is 0.0315. The van der Waals surface area contributed by atoms with Crippen LogP contribution in [0.1, 0.15) is 136 Å². The summed E-state index contributed by atoms with van der Waals surface area (Å²) >= 11 is 0. The Labute approximate surface area is 305 Å². The van der Waals surface area contributed by atoms with Gasteiger partial charge in [0.25, 0.3) is 0 Å². The SMILES string of the molecule is CC/C=C/C/C=C/C/C=C/C/C=C/C/C=C/CCCC(=O)OC(COCCC(C(=O)O)[N+](C)(C)C)COC(=O)CCCCCCCCCCC. The first kappa shape index (κ1) is 47.0. The van der Waals surface area contributed by atoms with Gasteiger partial charge in [0.15, 0.2) is 12.1 Å². The molecular weight excluding hydrogens is 630 g/mol. The number of rotatable bonds is 33. The van der Waals surface area contributed by atoms with Gasteiger partial charge >= 0.3 is 17.9 Å². The van der Waals surface area contributed by atoms with Crippen LogP contribution in [-0.2, 0) is 28.6 Å². The van der Waals surface area contributed by atoms with Crippen LogP contribution in [0.5, 0.6) is 0 Å². The Hall–Kier alpha value is -2.97. The molecule has 0 radical (unpaired) electrons. The molecule has 0 heterocycles. The molecular formula is C42H72NO7+. The number of hydrogen-bond acceptors (Lipinski definition) is 6. The van der Waals surface area contributed by atoms with Gasteiger partial charge in [0.2, 0.25) is 0 Å². The summed E-state index contributed by atoms with van der Waals surface area (Å²) in [7, 11) is 5.49. The van der Waals surface area contributed by atoms with Gasteiger partial charge in [0.1, 0.15) is 6.61 Å². The molecule has 0 aromatic heterocycles. The first-order chi connectivity index (χ1) is 24.1. The van der Waals surface area contributed by atoms with Crippen molar-refractivity contribution >= 4 is 17.9 Å². The lowest BCUT2D eigenvalue weighted by Gasteiger charge is -2.31. The number of aliphatic carboxylic acids is 1. The predicted molar refractivity (Wildman–Crippen MR) is 206 cm³/mol. The first-order valence-electron chi connectivity index (χ1n) is 19.3. The van der Waals surface area contributed by atoms with E-state index >= 15 is 0 Å². The maximum Gasteiger partial charge on any atom is 0.362 e. The Morgan fingerprint density at radius 2 is 1.12 bits per heavy atom. The first-order valence-corrected chi connectivity index (χ1v) is 19.3. The van der Waals surface area contributed by atoms with E-state index in [-0.39, 0.29) is 42.7 Å². The fraction of sp³-hybridized carbons (Fsp3) is 0.690. The van der Waals surface area contributed by atoms with Gasteiger partial charge in [-0.1, -0.05) is 126 Å². The maximum absolute atomic E-state index is 12.6. The highest BCUT2D eigenvalue weighted by molar-refractivity contribution is 5.72. The van der Waals surface area contributed by atoms with Crippen molar-refractivity contribution in [2.45, 2.75) is 148 Å². The number of carbonyl (C=O) groups is 3. The molecule has 8 heteroatoms. The molecule has 50 heavy (non-hydrogen) atoms. The number of carbonyl (C=O) groups excluding carboxylic acids is 2. The molecule has 0 saturated heterocycles. The molecule has 0 aromatic carbocycles. The molecule has 8 nitrogen and oxygen atoms in total. The van der Waals surface area contributed by atoms with Crippen molar-refractivity contribution in [2.24, 2.45) is 0 Å². The third-order valence-electron chi connectivity index (χ3n) is 8.18. The van der Waals surface area contributed by atoms with E-state index in [9.17, 15) is 19.5 Å². The van der Waals surface area contributed by atoms with E-state index in [1.807, 2.05) is 21.1 Å². The van der Waals surface area contributed by atoms with E-state index < -0.39 is 18.1 Å². The second-order valence-corrected chi connectivity index (χ2v) is 13.8. The van der Waals surface area contributed by atoms with E-state index in [1.165, 1.54) is 38.5 Å². The van der Waals surface area contributed by atoms with E-state index in [2.05, 4.69) is 74.6 Å². The summed E-state index contributed by atoms with van der Waals surface area (Å²) in [6, 6.07) is -0.624. The molecule has 0 spiro atoms. The molecule has 0 rings (SSSR count). The van der Waals surface area contributed by atoms with Crippen LogP contribution in [-0.4, -0.2) is 80.6 Å². The number of ether oxygens (including phenoxy) is 3. The van der Waals surface area contributed by atoms with Crippen LogP contribution in [0.25, 0.3) is 0 Å². The topological polar surface area (TPSA) is 99.1 Å². The summed E-state index contributed by atoms with van der Waals surface area (Å²) in [6.07, 6.45) is 38.5. The number of carboxylic acids is 1. The van der Waals surface area contributed by atoms with Crippen molar-refractivity contribution in [3.05, 3.63) is 60.8 Å². The van der Waals surface area contributed by atoms with Gasteiger partial charge in [-0.25, -0.2) is 4.79 Å². The molecule has 286 valence electrons. The van der Waals surface area contributed by atoms with E-state index in [0.29, 0.717) is 19.3 Å². The summed E-state index contributed by atoms with van der Waals surface area (Å²) in [4.78, 5) is 36.7. The van der Waals surface area contributed by atoms with Crippen LogP contribution in [0.2, 0.25) is 0 Å². The highest BCUT2D eigenvalue weighted by Gasteiger charge is 2.31. The minimum atomic E-state index is -0.887. The average Bonchev–Trinajstić information content (AvgIpc) is 3.06. The third kappa shape index (κ3) is 31.0. The zero-order valence-electron chi connectivity index (χ0n) is 32.3. The van der Waals surface area contributed by atoms with Crippen LogP contribution in [0.4, 0.5) is 0 Å². The number of nitrogens with zero attached hydrogens (tertiary/aromatic N) is 1. The molecule has 0 bridgehead atoms. The van der Waals surface area contributed by atoms with Crippen molar-refractivity contribution in [2.75, 3.05) is 41.0 Å². The van der Waals surface area contributed by atoms with Gasteiger partial charge in [-0.2, -0.15) is 0 Å². The fourth-order valence-electron chi connectivity index (χ4n) is 5.18. The lowest BCUT2D eigenvalue weighted by atomic mass is 10.1. The Balaban J connectivity index is 4.52. The predicted octanol–water partition coefficient (Wildman–Crippen LogP) is 9.85. The fourth-order valence-corrected chi connectivity index (χ4v) is 5.18. The van der Waals surface area contributed by atoms with Crippen molar-refractivity contribution in [3.63, 3.8) is 0 Å². The lowest BCUT2D eigenvalue weighted by molar-refractivity contribution is -0.887. The molecule has 0 saturated carbocycles. The standard InChI is InChI=1S/C42H71NO7/c1-6-8-10-12-14-16-17-18-19-20-21-22-23-25-27-29-31-33-41(45)50-38(36-48-35-34-39(42(46)47)43(3,4)5)37-49-40(44)32-30-28-26-24-15-13-11-9-7-2/h8,10,14,16,18-19,21-22,25,27,38-39H,6-7,9,11-13,15,17,20,23-24,26,28-37H2,1-5H3/p+1/b10-8+,16-14+,19-18+,22-21+,27-25+. The lowest BCUT2D eigenvalue weighted by Crippen LogP contribution is -2.50. The van der Waals surface area contributed by atoms with Crippen molar-refractivity contribution in [1.29, 1.82) is 0 Å². The van der Waals surface area contributed by atoms with Gasteiger partial charge in [0, 0.05) is 19.3 Å².